The van der Waals surface area contributed by atoms with Crippen molar-refractivity contribution < 1.29 is 4.74 Å². The summed E-state index contributed by atoms with van der Waals surface area (Å²) in [6, 6.07) is 0. The summed E-state index contributed by atoms with van der Waals surface area (Å²) < 4.78 is 7.73. The van der Waals surface area contributed by atoms with E-state index in [2.05, 4.69) is 70.1 Å². The Labute approximate surface area is 183 Å². The van der Waals surface area contributed by atoms with Crippen molar-refractivity contribution in [1.82, 2.24) is 20.0 Å². The Morgan fingerprint density at radius 2 is 1.96 bits per heavy atom. The maximum absolute atomic E-state index is 5.83. The Morgan fingerprint density at radius 1 is 1.30 bits per heavy atom. The lowest BCUT2D eigenvalue weighted by Crippen LogP contribution is -2.39. The summed E-state index contributed by atoms with van der Waals surface area (Å²) in [4.78, 5) is 7.00. The number of nitrogens with one attached hydrogen (secondary N) is 1. The predicted molar refractivity (Wildman–Crippen MR) is 125 cm³/mol. The smallest absolute Gasteiger partial charge is 0.193 e. The second-order valence-electron chi connectivity index (χ2n) is 7.49. The monoisotopic (exact) mass is 493 g/mol. The van der Waals surface area contributed by atoms with Crippen molar-refractivity contribution in [2.75, 3.05) is 26.7 Å². The molecule has 1 atom stereocenters. The molecule has 1 aromatic rings. The first-order valence-corrected chi connectivity index (χ1v) is 9.93. The van der Waals surface area contributed by atoms with E-state index in [1.54, 1.807) is 0 Å². The maximum atomic E-state index is 5.83. The van der Waals surface area contributed by atoms with Gasteiger partial charge in [-0.15, -0.1) is 24.0 Å². The molecule has 0 saturated carbocycles. The molecule has 1 unspecified atom stereocenters. The van der Waals surface area contributed by atoms with Gasteiger partial charge >= 0.3 is 0 Å². The minimum absolute atomic E-state index is 0. The van der Waals surface area contributed by atoms with Gasteiger partial charge in [0.25, 0.3) is 0 Å². The average Bonchev–Trinajstić information content (AvgIpc) is 2.93. The second-order valence-corrected chi connectivity index (χ2v) is 7.49. The Hall–Kier alpha value is -0.830. The lowest BCUT2D eigenvalue weighted by molar-refractivity contribution is 0.0266. The zero-order valence-electron chi connectivity index (χ0n) is 18.5. The fourth-order valence-corrected chi connectivity index (χ4v) is 3.08. The van der Waals surface area contributed by atoms with Gasteiger partial charge in [-0.05, 0) is 32.1 Å². The van der Waals surface area contributed by atoms with Gasteiger partial charge in [0.2, 0.25) is 0 Å². The van der Waals surface area contributed by atoms with Crippen LogP contribution in [0, 0.1) is 5.92 Å². The molecule has 1 rings (SSSR count). The van der Waals surface area contributed by atoms with Gasteiger partial charge < -0.3 is 15.0 Å². The zero-order valence-corrected chi connectivity index (χ0v) is 20.8. The molecule has 0 bridgehead atoms. The van der Waals surface area contributed by atoms with Gasteiger partial charge in [0.05, 0.1) is 11.8 Å². The summed E-state index contributed by atoms with van der Waals surface area (Å²) in [6.07, 6.45) is 3.32. The molecule has 1 aromatic heterocycles. The second kappa shape index (κ2) is 13.4. The maximum Gasteiger partial charge on any atom is 0.193 e. The lowest BCUT2D eigenvalue weighted by atomic mass is 10.0. The van der Waals surface area contributed by atoms with Crippen molar-refractivity contribution in [3.63, 3.8) is 0 Å². The predicted octanol–water partition coefficient (Wildman–Crippen LogP) is 4.01. The number of hydrogen-bond acceptors (Lipinski definition) is 3. The minimum atomic E-state index is 0. The van der Waals surface area contributed by atoms with Gasteiger partial charge in [0.15, 0.2) is 5.96 Å². The van der Waals surface area contributed by atoms with Gasteiger partial charge in [0.1, 0.15) is 0 Å². The molecular formula is C20H40IN5O. The summed E-state index contributed by atoms with van der Waals surface area (Å²) in [7, 11) is 4.07. The van der Waals surface area contributed by atoms with Crippen LogP contribution in [-0.4, -0.2) is 53.5 Å². The molecule has 27 heavy (non-hydrogen) atoms. The first kappa shape index (κ1) is 26.2. The van der Waals surface area contributed by atoms with E-state index in [0.717, 1.165) is 44.3 Å². The van der Waals surface area contributed by atoms with Gasteiger partial charge in [-0.2, -0.15) is 5.10 Å². The largest absolute Gasteiger partial charge is 0.378 e. The van der Waals surface area contributed by atoms with Crippen molar-refractivity contribution in [2.24, 2.45) is 18.0 Å². The molecule has 0 aliphatic carbocycles. The Balaban J connectivity index is 0.00000676. The van der Waals surface area contributed by atoms with E-state index in [9.17, 15) is 0 Å². The van der Waals surface area contributed by atoms with Crippen LogP contribution in [0.5, 0.6) is 0 Å². The van der Waals surface area contributed by atoms with Crippen molar-refractivity contribution in [2.45, 2.75) is 66.5 Å². The lowest BCUT2D eigenvalue weighted by Gasteiger charge is -2.23. The number of rotatable bonds is 10. The van der Waals surface area contributed by atoms with Crippen LogP contribution < -0.4 is 5.32 Å². The average molecular weight is 493 g/mol. The number of guanidine groups is 1. The topological polar surface area (TPSA) is 54.7 Å². The number of hydrogen-bond donors (Lipinski definition) is 1. The standard InChI is InChI=1S/C20H39N5O.HI/c1-9-21-20(22-12-11-18(15(3)4)26-10-2)24(7)13-17-14-25(8)23-19(17)16(5)6;/h14-16,18H,9-13H2,1-8H3,(H,21,22);1H. The molecular weight excluding hydrogens is 453 g/mol. The Kier molecular flexibility index (Phi) is 13.0. The zero-order chi connectivity index (χ0) is 19.7. The summed E-state index contributed by atoms with van der Waals surface area (Å²) in [5, 5.41) is 8.01. The molecule has 0 spiro atoms. The van der Waals surface area contributed by atoms with E-state index in [0.29, 0.717) is 11.8 Å². The molecule has 0 aliphatic rings. The highest BCUT2D eigenvalue weighted by atomic mass is 127. The fourth-order valence-electron chi connectivity index (χ4n) is 3.08. The third kappa shape index (κ3) is 8.81. The Morgan fingerprint density at radius 3 is 2.48 bits per heavy atom. The van der Waals surface area contributed by atoms with Crippen LogP contribution in [-0.2, 0) is 18.3 Å². The molecule has 0 aromatic carbocycles. The van der Waals surface area contributed by atoms with E-state index in [4.69, 9.17) is 9.73 Å². The van der Waals surface area contributed by atoms with E-state index in [1.165, 1.54) is 5.56 Å². The molecule has 1 N–H and O–H groups in total. The van der Waals surface area contributed by atoms with Crippen LogP contribution in [0.3, 0.4) is 0 Å². The number of nitrogens with zero attached hydrogens (tertiary/aromatic N) is 4. The van der Waals surface area contributed by atoms with Crippen molar-refractivity contribution in [3.05, 3.63) is 17.5 Å². The highest BCUT2D eigenvalue weighted by Crippen LogP contribution is 2.18. The van der Waals surface area contributed by atoms with E-state index >= 15 is 0 Å². The van der Waals surface area contributed by atoms with Crippen LogP contribution in [0.15, 0.2) is 11.2 Å². The number of ether oxygens (including phenoxy) is 1. The molecule has 7 heteroatoms. The van der Waals surface area contributed by atoms with Crippen LogP contribution in [0.4, 0.5) is 0 Å². The van der Waals surface area contributed by atoms with Gasteiger partial charge in [-0.1, -0.05) is 27.7 Å². The number of aliphatic imine (C=N–C) groups is 1. The van der Waals surface area contributed by atoms with E-state index < -0.39 is 0 Å². The van der Waals surface area contributed by atoms with Crippen LogP contribution in [0.2, 0.25) is 0 Å². The number of aromatic nitrogens is 2. The quantitative estimate of drug-likeness (QED) is 0.304. The number of halogens is 1. The van der Waals surface area contributed by atoms with Crippen molar-refractivity contribution in [3.8, 4) is 0 Å². The van der Waals surface area contributed by atoms with E-state index in [-0.39, 0.29) is 30.1 Å². The third-order valence-corrected chi connectivity index (χ3v) is 4.39. The van der Waals surface area contributed by atoms with E-state index in [1.807, 2.05) is 11.7 Å². The molecule has 0 fully saturated rings. The van der Waals surface area contributed by atoms with Gasteiger partial charge in [-0.25, -0.2) is 0 Å². The first-order chi connectivity index (χ1) is 12.3. The van der Waals surface area contributed by atoms with Crippen LogP contribution in [0.25, 0.3) is 0 Å². The van der Waals surface area contributed by atoms with Crippen molar-refractivity contribution in [1.29, 1.82) is 0 Å². The summed E-state index contributed by atoms with van der Waals surface area (Å²) in [5.41, 5.74) is 2.41. The number of aryl methyl sites for hydroxylation is 1. The van der Waals surface area contributed by atoms with Crippen molar-refractivity contribution >= 4 is 29.9 Å². The molecule has 0 saturated heterocycles. The summed E-state index contributed by atoms with van der Waals surface area (Å²) >= 11 is 0. The SMILES string of the molecule is CCNC(=NCCC(OCC)C(C)C)N(C)Cc1cn(C)nc1C(C)C.I. The van der Waals surface area contributed by atoms with Crippen LogP contribution in [0.1, 0.15) is 65.1 Å². The molecule has 0 aliphatic heterocycles. The van der Waals surface area contributed by atoms with Crippen LogP contribution >= 0.6 is 24.0 Å². The minimum Gasteiger partial charge on any atom is -0.378 e. The first-order valence-electron chi connectivity index (χ1n) is 9.93. The highest BCUT2D eigenvalue weighted by molar-refractivity contribution is 14.0. The summed E-state index contributed by atoms with van der Waals surface area (Å²) in [5.74, 6) is 1.86. The summed E-state index contributed by atoms with van der Waals surface area (Å²) in [6.45, 7) is 16.1. The fraction of sp³-hybridized carbons (Fsp3) is 0.800. The normalized spacial score (nSPS) is 13.0. The van der Waals surface area contributed by atoms with Gasteiger partial charge in [0, 0.05) is 52.1 Å². The van der Waals surface area contributed by atoms with Gasteiger partial charge in [-0.3, -0.25) is 9.67 Å². The third-order valence-electron chi connectivity index (χ3n) is 4.39. The molecule has 0 radical (unpaired) electrons. The molecule has 1 heterocycles. The molecule has 158 valence electrons. The molecule has 6 nitrogen and oxygen atoms in total. The Bertz CT molecular complexity index is 557. The highest BCUT2D eigenvalue weighted by Gasteiger charge is 2.16. The molecule has 0 amide bonds.